The number of amides is 2. The molecule has 2 aromatic carbocycles. The molecule has 6 rings (SSSR count). The zero-order chi connectivity index (χ0) is 27.1. The average Bonchev–Trinajstić information content (AvgIpc) is 3.57. The van der Waals surface area contributed by atoms with Gasteiger partial charge in [-0.15, -0.1) is 6.58 Å². The Hall–Kier alpha value is -4.21. The van der Waals surface area contributed by atoms with Crippen LogP contribution in [0.25, 0.3) is 11.0 Å². The van der Waals surface area contributed by atoms with Crippen LogP contribution in [0.1, 0.15) is 22.5 Å². The highest BCUT2D eigenvalue weighted by Gasteiger charge is 2.65. The topological polar surface area (TPSA) is 104 Å². The second kappa shape index (κ2) is 9.83. The van der Waals surface area contributed by atoms with Crippen LogP contribution in [0.2, 0.25) is 0 Å². The lowest BCUT2D eigenvalue weighted by molar-refractivity contribution is -0.139. The van der Waals surface area contributed by atoms with E-state index in [1.54, 1.807) is 54.6 Å². The molecule has 1 saturated heterocycles. The first-order chi connectivity index (χ1) is 19.0. The normalized spacial score (nSPS) is 21.4. The van der Waals surface area contributed by atoms with E-state index in [-0.39, 0.29) is 24.4 Å². The van der Waals surface area contributed by atoms with Gasteiger partial charge in [-0.05, 0) is 24.6 Å². The van der Waals surface area contributed by atoms with Crippen LogP contribution >= 0.6 is 0 Å². The number of Topliss-reactive ketones (excluding diaryl/α,β-unsaturated/α-hetero) is 1. The number of carbonyl (C=O) groups excluding carboxylic acids is 3. The van der Waals surface area contributed by atoms with Gasteiger partial charge in [-0.2, -0.15) is 0 Å². The first kappa shape index (κ1) is 25.1. The van der Waals surface area contributed by atoms with Gasteiger partial charge in [0.25, 0.3) is 11.8 Å². The number of furan rings is 1. The van der Waals surface area contributed by atoms with E-state index in [4.69, 9.17) is 9.15 Å². The average molecular weight is 528 g/mol. The summed E-state index contributed by atoms with van der Waals surface area (Å²) in [4.78, 5) is 47.3. The van der Waals surface area contributed by atoms with Crippen LogP contribution in [-0.2, 0) is 19.9 Å². The lowest BCUT2D eigenvalue weighted by Gasteiger charge is -2.36. The first-order valence-electron chi connectivity index (χ1n) is 13.1. The molecule has 3 aliphatic heterocycles. The second-order valence-corrected chi connectivity index (χ2v) is 9.90. The molecule has 0 aliphatic carbocycles. The molecule has 0 bridgehead atoms. The molecule has 0 unspecified atom stereocenters. The predicted molar refractivity (Wildman–Crippen MR) is 144 cm³/mol. The zero-order valence-electron chi connectivity index (χ0n) is 21.5. The predicted octanol–water partition coefficient (Wildman–Crippen LogP) is 3.42. The molecule has 200 valence electrons. The number of aliphatic hydroxyl groups excluding tert-OH is 1. The molecule has 4 heterocycles. The molecule has 1 spiro atoms. The Labute approximate surface area is 225 Å². The Balaban J connectivity index is 1.46. The van der Waals surface area contributed by atoms with Gasteiger partial charge in [0.15, 0.2) is 17.1 Å². The molecular weight excluding hydrogens is 498 g/mol. The minimum absolute atomic E-state index is 0.0486. The third kappa shape index (κ3) is 3.80. The fraction of sp³-hybridized carbons (Fsp3) is 0.300. The van der Waals surface area contributed by atoms with Crippen LogP contribution in [0.4, 0.5) is 5.69 Å². The van der Waals surface area contributed by atoms with Crippen molar-refractivity contribution in [1.82, 2.24) is 9.80 Å². The van der Waals surface area contributed by atoms with Gasteiger partial charge in [-0.25, -0.2) is 0 Å². The van der Waals surface area contributed by atoms with E-state index in [0.717, 1.165) is 13.1 Å². The summed E-state index contributed by atoms with van der Waals surface area (Å²) in [6, 6.07) is 15.8. The van der Waals surface area contributed by atoms with Crippen LogP contribution in [0.5, 0.6) is 0 Å². The van der Waals surface area contributed by atoms with Crippen LogP contribution in [0.15, 0.2) is 83.0 Å². The molecule has 3 aliphatic rings. The van der Waals surface area contributed by atoms with Gasteiger partial charge < -0.3 is 24.1 Å². The summed E-state index contributed by atoms with van der Waals surface area (Å²) in [5.74, 6) is -2.70. The van der Waals surface area contributed by atoms with Crippen molar-refractivity contribution in [2.75, 3.05) is 50.8 Å². The molecule has 0 saturated carbocycles. The number of benzene rings is 2. The van der Waals surface area contributed by atoms with Gasteiger partial charge in [0.1, 0.15) is 5.58 Å². The van der Waals surface area contributed by atoms with Gasteiger partial charge in [0.05, 0.1) is 24.5 Å². The fourth-order valence-electron chi connectivity index (χ4n) is 5.98. The molecule has 1 fully saturated rings. The molecule has 39 heavy (non-hydrogen) atoms. The molecule has 2 amide bonds. The number of carbonyl (C=O) groups is 3. The van der Waals surface area contributed by atoms with E-state index < -0.39 is 28.9 Å². The highest BCUT2D eigenvalue weighted by molar-refractivity contribution is 6.26. The molecular formula is C30H29N3O6. The van der Waals surface area contributed by atoms with E-state index in [0.29, 0.717) is 48.4 Å². The quantitative estimate of drug-likeness (QED) is 0.354. The molecule has 1 N–H and O–H groups in total. The smallest absolute Gasteiger partial charge is 0.290 e. The van der Waals surface area contributed by atoms with Crippen LogP contribution in [0.3, 0.4) is 0 Å². The standard InChI is InChI=1S/C30H29N3O6/c1-2-12-32-22-10-5-4-9-21(22)30(29(32)37)25(26(34)24-19-20-8-3-6-11-23(20)39-24)27(35)28(36)33(30)14-7-13-31-15-17-38-18-16-31/h2-6,8-11,19,35H,1,7,12-18H2/t30-/m0/s1. The van der Waals surface area contributed by atoms with Gasteiger partial charge in [0.2, 0.25) is 5.78 Å². The number of anilines is 1. The summed E-state index contributed by atoms with van der Waals surface area (Å²) < 4.78 is 11.3. The number of para-hydroxylation sites is 2. The van der Waals surface area contributed by atoms with Crippen molar-refractivity contribution in [3.8, 4) is 0 Å². The van der Waals surface area contributed by atoms with Crippen molar-refractivity contribution in [2.45, 2.75) is 12.0 Å². The van der Waals surface area contributed by atoms with Crippen LogP contribution in [0, 0.1) is 0 Å². The highest BCUT2D eigenvalue weighted by atomic mass is 16.5. The maximum atomic E-state index is 14.4. The number of rotatable bonds is 8. The molecule has 9 nitrogen and oxygen atoms in total. The summed E-state index contributed by atoms with van der Waals surface area (Å²) in [6.07, 6.45) is 2.14. The Morgan fingerprint density at radius 2 is 1.79 bits per heavy atom. The Bertz CT molecular complexity index is 1480. The van der Waals surface area contributed by atoms with Crippen molar-refractivity contribution < 1.29 is 28.6 Å². The second-order valence-electron chi connectivity index (χ2n) is 9.90. The van der Waals surface area contributed by atoms with Crippen molar-refractivity contribution in [1.29, 1.82) is 0 Å². The maximum absolute atomic E-state index is 14.4. The number of aliphatic hydroxyl groups is 1. The fourth-order valence-corrected chi connectivity index (χ4v) is 5.98. The van der Waals surface area contributed by atoms with Gasteiger partial charge >= 0.3 is 0 Å². The first-order valence-corrected chi connectivity index (χ1v) is 13.1. The van der Waals surface area contributed by atoms with Crippen LogP contribution in [-0.4, -0.2) is 78.4 Å². The van der Waals surface area contributed by atoms with E-state index in [1.807, 2.05) is 6.07 Å². The number of ether oxygens (including phenoxy) is 1. The lowest BCUT2D eigenvalue weighted by atomic mass is 9.81. The highest BCUT2D eigenvalue weighted by Crippen LogP contribution is 2.53. The molecule has 3 aromatic rings. The Kier molecular flexibility index (Phi) is 6.32. The van der Waals surface area contributed by atoms with E-state index in [9.17, 15) is 19.5 Å². The molecule has 1 aromatic heterocycles. The lowest BCUT2D eigenvalue weighted by Crippen LogP contribution is -2.54. The summed E-state index contributed by atoms with van der Waals surface area (Å²) in [5.41, 5.74) is -0.560. The molecule has 1 atom stereocenters. The number of fused-ring (bicyclic) bond motifs is 3. The Morgan fingerprint density at radius 1 is 1.05 bits per heavy atom. The van der Waals surface area contributed by atoms with E-state index in [2.05, 4.69) is 11.5 Å². The van der Waals surface area contributed by atoms with E-state index >= 15 is 0 Å². The number of nitrogens with zero attached hydrogens (tertiary/aromatic N) is 3. The monoisotopic (exact) mass is 527 g/mol. The SMILES string of the molecule is C=CCN1C(=O)[C@@]2(C(C(=O)c3cc4ccccc4o3)=C(O)C(=O)N2CCCN2CCOCC2)c2ccccc21. The van der Waals surface area contributed by atoms with Crippen molar-refractivity contribution >= 4 is 34.3 Å². The maximum Gasteiger partial charge on any atom is 0.290 e. The number of hydrogen-bond donors (Lipinski definition) is 1. The molecule has 9 heteroatoms. The van der Waals surface area contributed by atoms with Gasteiger partial charge in [-0.1, -0.05) is 42.5 Å². The van der Waals surface area contributed by atoms with E-state index in [1.165, 1.54) is 9.80 Å². The van der Waals surface area contributed by atoms with Gasteiger partial charge in [0, 0.05) is 43.7 Å². The Morgan fingerprint density at radius 3 is 2.56 bits per heavy atom. The third-order valence-electron chi connectivity index (χ3n) is 7.74. The summed E-state index contributed by atoms with van der Waals surface area (Å²) in [7, 11) is 0. The third-order valence-corrected chi connectivity index (χ3v) is 7.74. The van der Waals surface area contributed by atoms with Gasteiger partial charge in [-0.3, -0.25) is 19.3 Å². The van der Waals surface area contributed by atoms with Crippen LogP contribution < -0.4 is 4.90 Å². The van der Waals surface area contributed by atoms with Crippen molar-refractivity contribution in [3.63, 3.8) is 0 Å². The van der Waals surface area contributed by atoms with Crippen molar-refractivity contribution in [2.24, 2.45) is 0 Å². The minimum atomic E-state index is -1.82. The molecule has 0 radical (unpaired) electrons. The number of hydrogen-bond acceptors (Lipinski definition) is 7. The van der Waals surface area contributed by atoms with Crippen molar-refractivity contribution in [3.05, 3.63) is 89.9 Å². The summed E-state index contributed by atoms with van der Waals surface area (Å²) in [5, 5.41) is 12.0. The number of ketones is 1. The number of morpholine rings is 1. The summed E-state index contributed by atoms with van der Waals surface area (Å²) in [6.45, 7) is 7.68. The summed E-state index contributed by atoms with van der Waals surface area (Å²) >= 11 is 0. The largest absolute Gasteiger partial charge is 0.503 e. The zero-order valence-corrected chi connectivity index (χ0v) is 21.5. The minimum Gasteiger partial charge on any atom is -0.503 e.